The molecule has 0 radical (unpaired) electrons. The molecule has 1 amide bonds. The van der Waals surface area contributed by atoms with Gasteiger partial charge < -0.3 is 21.3 Å². The molecule has 0 spiro atoms. The average molecular weight is 473 g/mol. The van der Waals surface area contributed by atoms with E-state index in [-0.39, 0.29) is 22.4 Å². The van der Waals surface area contributed by atoms with E-state index in [1.165, 1.54) is 31.4 Å². The second-order valence-corrected chi connectivity index (χ2v) is 11.1. The Labute approximate surface area is 195 Å². The summed E-state index contributed by atoms with van der Waals surface area (Å²) in [6.07, 6.45) is 7.52. The maximum absolute atomic E-state index is 12.1. The van der Waals surface area contributed by atoms with Crippen LogP contribution in [0.5, 0.6) is 0 Å². The molecule has 2 saturated heterocycles. The van der Waals surface area contributed by atoms with Crippen LogP contribution in [0.25, 0.3) is 0 Å². The van der Waals surface area contributed by atoms with Crippen molar-refractivity contribution in [1.29, 1.82) is 0 Å². The molecule has 4 N–H and O–H groups in total. The van der Waals surface area contributed by atoms with Crippen LogP contribution in [0.2, 0.25) is 0 Å². The van der Waals surface area contributed by atoms with Gasteiger partial charge in [-0.1, -0.05) is 19.4 Å². The van der Waals surface area contributed by atoms with Crippen molar-refractivity contribution in [3.8, 4) is 0 Å². The van der Waals surface area contributed by atoms with E-state index in [9.17, 15) is 13.2 Å². The van der Waals surface area contributed by atoms with Crippen LogP contribution in [-0.2, 0) is 16.3 Å². The zero-order valence-corrected chi connectivity index (χ0v) is 20.2. The van der Waals surface area contributed by atoms with Crippen LogP contribution in [0.3, 0.4) is 0 Å². The summed E-state index contributed by atoms with van der Waals surface area (Å²) in [7, 11) is -1.16. The van der Waals surface area contributed by atoms with Crippen molar-refractivity contribution in [1.82, 2.24) is 14.9 Å². The lowest BCUT2D eigenvalue weighted by atomic mass is 9.82. The van der Waals surface area contributed by atoms with Gasteiger partial charge in [0, 0.05) is 30.1 Å². The molecule has 3 heterocycles. The van der Waals surface area contributed by atoms with Crippen molar-refractivity contribution >= 4 is 33.1 Å². The maximum Gasteiger partial charge on any atom is 0.271 e. The summed E-state index contributed by atoms with van der Waals surface area (Å²) in [6, 6.07) is 7.76. The van der Waals surface area contributed by atoms with Gasteiger partial charge in [0.05, 0.1) is 10.6 Å². The number of rotatable bonds is 7. The molecule has 33 heavy (non-hydrogen) atoms. The predicted molar refractivity (Wildman–Crippen MR) is 129 cm³/mol. The van der Waals surface area contributed by atoms with Crippen LogP contribution in [0.1, 0.15) is 55.2 Å². The Kier molecular flexibility index (Phi) is 6.58. The SMILES string of the molecule is CCc1nc(C(N)=O)c(Nc2cccc(S(C)(=O)=O)c2)nc1NC1CC2CCC[C@@H](C1)N2C. The van der Waals surface area contributed by atoms with Crippen LogP contribution >= 0.6 is 0 Å². The van der Waals surface area contributed by atoms with E-state index in [0.29, 0.717) is 35.7 Å². The smallest absolute Gasteiger partial charge is 0.271 e. The number of sulfone groups is 1. The van der Waals surface area contributed by atoms with Gasteiger partial charge in [0.1, 0.15) is 0 Å². The van der Waals surface area contributed by atoms with E-state index in [2.05, 4.69) is 27.6 Å². The summed E-state index contributed by atoms with van der Waals surface area (Å²) < 4.78 is 23.9. The lowest BCUT2D eigenvalue weighted by Crippen LogP contribution is -2.52. The third kappa shape index (κ3) is 5.11. The molecule has 2 aromatic rings. The van der Waals surface area contributed by atoms with E-state index >= 15 is 0 Å². The van der Waals surface area contributed by atoms with Gasteiger partial charge in [0.15, 0.2) is 27.2 Å². The Morgan fingerprint density at radius 3 is 2.48 bits per heavy atom. The van der Waals surface area contributed by atoms with E-state index in [0.717, 1.165) is 19.1 Å². The summed E-state index contributed by atoms with van der Waals surface area (Å²) in [6.45, 7) is 1.96. The Bertz CT molecular complexity index is 1140. The van der Waals surface area contributed by atoms with Gasteiger partial charge in [-0.3, -0.25) is 4.79 Å². The van der Waals surface area contributed by atoms with Crippen LogP contribution in [0.4, 0.5) is 17.3 Å². The Balaban J connectivity index is 1.65. The second kappa shape index (κ2) is 9.26. The van der Waals surface area contributed by atoms with Crippen LogP contribution in [0, 0.1) is 0 Å². The van der Waals surface area contributed by atoms with Gasteiger partial charge in [0.2, 0.25) is 0 Å². The first-order valence-corrected chi connectivity index (χ1v) is 13.3. The molecule has 0 aliphatic carbocycles. The van der Waals surface area contributed by atoms with Gasteiger partial charge in [-0.2, -0.15) is 0 Å². The number of aromatic nitrogens is 2. The Morgan fingerprint density at radius 1 is 1.18 bits per heavy atom. The van der Waals surface area contributed by atoms with E-state index in [4.69, 9.17) is 10.7 Å². The third-order valence-electron chi connectivity index (χ3n) is 6.74. The molecule has 10 heteroatoms. The molecule has 0 saturated carbocycles. The second-order valence-electron chi connectivity index (χ2n) is 9.08. The van der Waals surface area contributed by atoms with Crippen molar-refractivity contribution in [2.75, 3.05) is 23.9 Å². The zero-order chi connectivity index (χ0) is 23.8. The summed E-state index contributed by atoms with van der Waals surface area (Å²) in [5.41, 5.74) is 6.80. The third-order valence-corrected chi connectivity index (χ3v) is 7.85. The number of amides is 1. The van der Waals surface area contributed by atoms with Crippen LogP contribution < -0.4 is 16.4 Å². The molecule has 2 aliphatic heterocycles. The van der Waals surface area contributed by atoms with Crippen molar-refractivity contribution in [3.63, 3.8) is 0 Å². The maximum atomic E-state index is 12.1. The number of hydrogen-bond donors (Lipinski definition) is 3. The molecular weight excluding hydrogens is 440 g/mol. The molecule has 1 aromatic heterocycles. The minimum absolute atomic E-state index is 0.0300. The quantitative estimate of drug-likeness (QED) is 0.561. The van der Waals surface area contributed by atoms with Crippen molar-refractivity contribution in [3.05, 3.63) is 35.7 Å². The molecule has 2 bridgehead atoms. The summed E-state index contributed by atoms with van der Waals surface area (Å²) >= 11 is 0. The lowest BCUT2D eigenvalue weighted by Gasteiger charge is -2.47. The highest BCUT2D eigenvalue weighted by atomic mass is 32.2. The molecule has 1 aromatic carbocycles. The average Bonchev–Trinajstić information content (AvgIpc) is 2.74. The first-order valence-electron chi connectivity index (χ1n) is 11.4. The number of nitrogens with two attached hydrogens (primary N) is 1. The highest BCUT2D eigenvalue weighted by molar-refractivity contribution is 7.90. The van der Waals surface area contributed by atoms with E-state index < -0.39 is 15.7 Å². The number of nitrogens with one attached hydrogen (secondary N) is 2. The largest absolute Gasteiger partial charge is 0.366 e. The molecule has 2 aliphatic rings. The fourth-order valence-corrected chi connectivity index (χ4v) is 5.63. The number of nitrogens with zero attached hydrogens (tertiary/aromatic N) is 3. The van der Waals surface area contributed by atoms with Crippen LogP contribution in [0.15, 0.2) is 29.2 Å². The number of hydrogen-bond acceptors (Lipinski definition) is 8. The fourth-order valence-electron chi connectivity index (χ4n) is 4.96. The standard InChI is InChI=1S/C23H32N6O3S/c1-4-19-22(26-15-11-16-8-6-9-17(12-15)29(16)2)28-23(20(27-19)21(24)30)25-14-7-5-10-18(13-14)33(3,31)32/h5,7,10,13,15-17H,4,6,8-9,11-12H2,1-3H3,(H2,24,30)(H2,25,26,28)/t15?,16-,17?/m0/s1. The number of primary amides is 1. The first kappa shape index (κ1) is 23.4. The summed E-state index contributed by atoms with van der Waals surface area (Å²) in [5.74, 6) is 0.150. The normalized spacial score (nSPS) is 23.2. The molecule has 178 valence electrons. The molecule has 9 nitrogen and oxygen atoms in total. The summed E-state index contributed by atoms with van der Waals surface area (Å²) in [5, 5.41) is 6.64. The molecule has 2 fully saturated rings. The van der Waals surface area contributed by atoms with Crippen molar-refractivity contribution in [2.45, 2.75) is 68.5 Å². The van der Waals surface area contributed by atoms with E-state index in [1.807, 2.05) is 6.92 Å². The minimum Gasteiger partial charge on any atom is -0.366 e. The monoisotopic (exact) mass is 472 g/mol. The van der Waals surface area contributed by atoms with Gasteiger partial charge in [-0.15, -0.1) is 0 Å². The highest BCUT2D eigenvalue weighted by Gasteiger charge is 2.36. The number of benzene rings is 1. The number of carbonyl (C=O) groups is 1. The van der Waals surface area contributed by atoms with Gasteiger partial charge in [-0.25, -0.2) is 18.4 Å². The number of carbonyl (C=O) groups excluding carboxylic acids is 1. The molecule has 2 unspecified atom stereocenters. The fraction of sp³-hybridized carbons (Fsp3) is 0.522. The zero-order valence-electron chi connectivity index (χ0n) is 19.3. The minimum atomic E-state index is -3.38. The number of anilines is 3. The van der Waals surface area contributed by atoms with Gasteiger partial charge in [0.25, 0.3) is 5.91 Å². The van der Waals surface area contributed by atoms with Crippen molar-refractivity contribution in [2.24, 2.45) is 5.73 Å². The molecule has 3 atom stereocenters. The van der Waals surface area contributed by atoms with Gasteiger partial charge >= 0.3 is 0 Å². The molecule has 4 rings (SSSR count). The highest BCUT2D eigenvalue weighted by Crippen LogP contribution is 2.34. The molecular formula is C23H32N6O3S. The lowest BCUT2D eigenvalue weighted by molar-refractivity contribution is 0.0607. The number of piperidine rings is 2. The Hall–Kier alpha value is -2.72. The Morgan fingerprint density at radius 2 is 1.88 bits per heavy atom. The number of aryl methyl sites for hydroxylation is 1. The number of fused-ring (bicyclic) bond motifs is 2. The van der Waals surface area contributed by atoms with Gasteiger partial charge in [-0.05, 0) is 57.4 Å². The first-order chi connectivity index (χ1) is 15.7. The van der Waals surface area contributed by atoms with Crippen molar-refractivity contribution < 1.29 is 13.2 Å². The summed E-state index contributed by atoms with van der Waals surface area (Å²) in [4.78, 5) is 24.0. The van der Waals surface area contributed by atoms with Crippen LogP contribution in [-0.4, -0.2) is 60.6 Å². The van der Waals surface area contributed by atoms with E-state index in [1.54, 1.807) is 12.1 Å². The predicted octanol–water partition coefficient (Wildman–Crippen LogP) is 2.71. The topological polar surface area (TPSA) is 130 Å².